The van der Waals surface area contributed by atoms with Crippen LogP contribution in [0.4, 0.5) is 0 Å². The minimum atomic E-state index is 0.502. The Labute approximate surface area is 161 Å². The third-order valence-corrected chi connectivity index (χ3v) is 6.74. The number of benzene rings is 1. The number of fused-ring (bicyclic) bond motifs is 6. The van der Waals surface area contributed by atoms with Crippen LogP contribution in [0.25, 0.3) is 10.9 Å². The van der Waals surface area contributed by atoms with Gasteiger partial charge in [0.05, 0.1) is 12.2 Å². The highest BCUT2D eigenvalue weighted by Crippen LogP contribution is 2.47. The number of aromatic amines is 1. The van der Waals surface area contributed by atoms with Crippen LogP contribution < -0.4 is 5.32 Å². The Balaban J connectivity index is 1.28. The molecular formula is C22H30N4O. The van der Waals surface area contributed by atoms with Gasteiger partial charge in [-0.2, -0.15) is 0 Å². The van der Waals surface area contributed by atoms with Gasteiger partial charge in [0.25, 0.3) is 0 Å². The summed E-state index contributed by atoms with van der Waals surface area (Å²) in [5.74, 6) is 2.51. The number of likely N-dealkylation sites (tertiary alicyclic amines) is 1. The highest BCUT2D eigenvalue weighted by Gasteiger charge is 2.53. The molecule has 3 fully saturated rings. The minimum absolute atomic E-state index is 0.502. The number of hydrogen-bond acceptors (Lipinski definition) is 2. The molecule has 144 valence electrons. The number of aromatic nitrogens is 1. The highest BCUT2D eigenvalue weighted by atomic mass is 16.5. The van der Waals surface area contributed by atoms with Crippen LogP contribution >= 0.6 is 0 Å². The van der Waals surface area contributed by atoms with Crippen LogP contribution in [0.15, 0.2) is 29.4 Å². The molecule has 5 heteroatoms. The maximum Gasteiger partial charge on any atom is 0.193 e. The molecule has 1 aromatic carbocycles. The van der Waals surface area contributed by atoms with Crippen LogP contribution in [0.2, 0.25) is 0 Å². The van der Waals surface area contributed by atoms with Crippen LogP contribution in [0.3, 0.4) is 0 Å². The Morgan fingerprint density at radius 2 is 2.04 bits per heavy atom. The molecule has 0 amide bonds. The van der Waals surface area contributed by atoms with Gasteiger partial charge >= 0.3 is 0 Å². The van der Waals surface area contributed by atoms with Gasteiger partial charge in [0.1, 0.15) is 0 Å². The van der Waals surface area contributed by atoms with Crippen molar-refractivity contribution in [3.8, 4) is 0 Å². The Kier molecular flexibility index (Phi) is 4.35. The first-order chi connectivity index (χ1) is 13.2. The second-order valence-corrected chi connectivity index (χ2v) is 8.32. The fourth-order valence-electron chi connectivity index (χ4n) is 5.41. The zero-order valence-corrected chi connectivity index (χ0v) is 16.4. The third kappa shape index (κ3) is 2.92. The number of para-hydroxylation sites is 1. The lowest BCUT2D eigenvalue weighted by atomic mass is 9.82. The van der Waals surface area contributed by atoms with Crippen LogP contribution in [0.1, 0.15) is 30.9 Å². The molecule has 5 nitrogen and oxygen atoms in total. The first-order valence-corrected chi connectivity index (χ1v) is 10.5. The van der Waals surface area contributed by atoms with Gasteiger partial charge in [-0.1, -0.05) is 18.2 Å². The lowest BCUT2D eigenvalue weighted by molar-refractivity contribution is 0.0767. The van der Waals surface area contributed by atoms with E-state index in [0.717, 1.165) is 38.6 Å². The largest absolute Gasteiger partial charge is 0.374 e. The number of nitrogens with one attached hydrogen (secondary N) is 2. The molecule has 2 aromatic rings. The summed E-state index contributed by atoms with van der Waals surface area (Å²) >= 11 is 0. The molecule has 5 rings (SSSR count). The fraction of sp³-hybridized carbons (Fsp3) is 0.591. The summed E-state index contributed by atoms with van der Waals surface area (Å²) in [4.78, 5) is 10.9. The van der Waals surface area contributed by atoms with Crippen LogP contribution in [-0.2, 0) is 11.2 Å². The van der Waals surface area contributed by atoms with Gasteiger partial charge in [-0.3, -0.25) is 4.99 Å². The van der Waals surface area contributed by atoms with Crippen molar-refractivity contribution in [3.05, 3.63) is 35.5 Å². The van der Waals surface area contributed by atoms with Gasteiger partial charge in [-0.25, -0.2) is 0 Å². The van der Waals surface area contributed by atoms with Crippen molar-refractivity contribution in [2.45, 2.75) is 45.3 Å². The Morgan fingerprint density at radius 1 is 1.26 bits per heavy atom. The summed E-state index contributed by atoms with van der Waals surface area (Å²) < 4.78 is 6.12. The quantitative estimate of drug-likeness (QED) is 0.646. The summed E-state index contributed by atoms with van der Waals surface area (Å²) in [6.07, 6.45) is 6.63. The number of H-pyrrole nitrogens is 1. The number of hydrogen-bond donors (Lipinski definition) is 2. The van der Waals surface area contributed by atoms with Crippen LogP contribution in [0.5, 0.6) is 0 Å². The van der Waals surface area contributed by atoms with Crippen LogP contribution in [0, 0.1) is 18.8 Å². The van der Waals surface area contributed by atoms with Crippen molar-refractivity contribution >= 4 is 16.9 Å². The van der Waals surface area contributed by atoms with Crippen molar-refractivity contribution in [1.82, 2.24) is 15.2 Å². The van der Waals surface area contributed by atoms with E-state index < -0.39 is 0 Å². The van der Waals surface area contributed by atoms with E-state index in [1.54, 1.807) is 0 Å². The molecule has 2 bridgehead atoms. The number of aryl methyl sites for hydroxylation is 1. The minimum Gasteiger partial charge on any atom is -0.374 e. The van der Waals surface area contributed by atoms with Gasteiger partial charge in [0.2, 0.25) is 0 Å². The molecule has 3 aliphatic rings. The molecule has 2 N–H and O–H groups in total. The SMILES string of the molecule is CCNC(=NCCc1c[nH]c2c(C)cccc12)N1CC2C3CCC(O3)C2C1. The standard InChI is InChI=1S/C22H30N4O/c1-3-23-22(26-12-17-18(13-26)20-8-7-19(17)27-20)24-10-9-15-11-25-21-14(2)5-4-6-16(15)21/h4-6,11,17-20,25H,3,7-10,12-13H2,1-2H3,(H,23,24). The molecule has 3 saturated heterocycles. The average Bonchev–Trinajstić information content (AvgIpc) is 3.42. The van der Waals surface area contributed by atoms with Gasteiger partial charge < -0.3 is 19.9 Å². The van der Waals surface area contributed by atoms with E-state index in [9.17, 15) is 0 Å². The summed E-state index contributed by atoms with van der Waals surface area (Å²) in [6.45, 7) is 8.25. The second kappa shape index (κ2) is 6.86. The summed E-state index contributed by atoms with van der Waals surface area (Å²) in [7, 11) is 0. The molecule has 1 aromatic heterocycles. The van der Waals surface area contributed by atoms with Crippen molar-refractivity contribution in [3.63, 3.8) is 0 Å². The first kappa shape index (κ1) is 17.1. The maximum absolute atomic E-state index is 6.12. The molecule has 27 heavy (non-hydrogen) atoms. The highest BCUT2D eigenvalue weighted by molar-refractivity contribution is 5.86. The van der Waals surface area contributed by atoms with E-state index in [4.69, 9.17) is 9.73 Å². The van der Waals surface area contributed by atoms with E-state index in [0.29, 0.717) is 24.0 Å². The fourth-order valence-corrected chi connectivity index (χ4v) is 5.41. The summed E-state index contributed by atoms with van der Waals surface area (Å²) in [5, 5.41) is 4.85. The zero-order chi connectivity index (χ0) is 18.4. The molecular weight excluding hydrogens is 336 g/mol. The van der Waals surface area contributed by atoms with E-state index in [-0.39, 0.29) is 0 Å². The molecule has 0 aliphatic carbocycles. The Hall–Kier alpha value is -2.01. The molecule has 3 aliphatic heterocycles. The third-order valence-electron chi connectivity index (χ3n) is 6.74. The number of guanidine groups is 1. The van der Waals surface area contributed by atoms with Gasteiger partial charge in [-0.05, 0) is 44.2 Å². The van der Waals surface area contributed by atoms with Crippen LogP contribution in [-0.4, -0.2) is 54.2 Å². The monoisotopic (exact) mass is 366 g/mol. The maximum atomic E-state index is 6.12. The van der Waals surface area contributed by atoms with Gasteiger partial charge in [-0.15, -0.1) is 0 Å². The summed E-state index contributed by atoms with van der Waals surface area (Å²) in [5.41, 5.74) is 3.92. The molecule has 0 spiro atoms. The van der Waals surface area contributed by atoms with E-state index in [1.165, 1.54) is 34.9 Å². The number of nitrogens with zero attached hydrogens (tertiary/aromatic N) is 2. The zero-order valence-electron chi connectivity index (χ0n) is 16.4. The van der Waals surface area contributed by atoms with Gasteiger partial charge in [0, 0.05) is 55.1 Å². The number of ether oxygens (including phenoxy) is 1. The van der Waals surface area contributed by atoms with E-state index >= 15 is 0 Å². The predicted octanol–water partition coefficient (Wildman–Crippen LogP) is 3.09. The lowest BCUT2D eigenvalue weighted by Crippen LogP contribution is -2.41. The van der Waals surface area contributed by atoms with Crippen molar-refractivity contribution in [2.75, 3.05) is 26.2 Å². The normalized spacial score (nSPS) is 29.7. The molecule has 0 saturated carbocycles. The van der Waals surface area contributed by atoms with Crippen molar-refractivity contribution in [2.24, 2.45) is 16.8 Å². The number of aliphatic imine (C=N–C) groups is 1. The van der Waals surface area contributed by atoms with E-state index in [1.807, 2.05) is 0 Å². The first-order valence-electron chi connectivity index (χ1n) is 10.5. The molecule has 4 atom stereocenters. The van der Waals surface area contributed by atoms with Gasteiger partial charge in [0.15, 0.2) is 5.96 Å². The second-order valence-electron chi connectivity index (χ2n) is 8.32. The molecule has 0 radical (unpaired) electrons. The molecule has 4 unspecified atom stereocenters. The van der Waals surface area contributed by atoms with Crippen molar-refractivity contribution in [1.29, 1.82) is 0 Å². The summed E-state index contributed by atoms with van der Waals surface area (Å²) in [6, 6.07) is 6.51. The van der Waals surface area contributed by atoms with E-state index in [2.05, 4.69) is 53.4 Å². The van der Waals surface area contributed by atoms with Crippen molar-refractivity contribution < 1.29 is 4.74 Å². The number of rotatable bonds is 4. The topological polar surface area (TPSA) is 52.7 Å². The average molecular weight is 367 g/mol. The smallest absolute Gasteiger partial charge is 0.193 e. The lowest BCUT2D eigenvalue weighted by Gasteiger charge is -2.23. The Bertz CT molecular complexity index is 839. The Morgan fingerprint density at radius 3 is 2.78 bits per heavy atom. The predicted molar refractivity (Wildman–Crippen MR) is 109 cm³/mol. The molecule has 4 heterocycles.